The van der Waals surface area contributed by atoms with E-state index in [1.54, 1.807) is 0 Å². The summed E-state index contributed by atoms with van der Waals surface area (Å²) in [6, 6.07) is 16.1. The van der Waals surface area contributed by atoms with Gasteiger partial charge in [-0.05, 0) is 22.3 Å². The Labute approximate surface area is 210 Å². The molecule has 2 aliphatic heterocycles. The van der Waals surface area contributed by atoms with Crippen LogP contribution in [-0.4, -0.2) is 80.3 Å². The van der Waals surface area contributed by atoms with Crippen molar-refractivity contribution in [2.75, 3.05) is 45.9 Å². The molecule has 2 saturated heterocycles. The van der Waals surface area contributed by atoms with E-state index in [2.05, 4.69) is 16.1 Å². The van der Waals surface area contributed by atoms with Gasteiger partial charge in [0.2, 0.25) is 0 Å². The Bertz CT molecular complexity index is 1040. The maximum Gasteiger partial charge on any atom is 0.434 e. The number of hydrogen-bond acceptors (Lipinski definition) is 5. The molecule has 37 heavy (non-hydrogen) atoms. The van der Waals surface area contributed by atoms with Crippen LogP contribution < -0.4 is 5.32 Å². The number of alkyl halides is 6. The summed E-state index contributed by atoms with van der Waals surface area (Å²) in [5, 5.41) is 3.47. The topological polar surface area (TPSA) is 54.0 Å². The zero-order chi connectivity index (χ0) is 26.6. The Balaban J connectivity index is 1.41. The third kappa shape index (κ3) is 6.93. The van der Waals surface area contributed by atoms with Gasteiger partial charge in [-0.2, -0.15) is 26.3 Å². The van der Waals surface area contributed by atoms with Crippen molar-refractivity contribution in [1.29, 1.82) is 0 Å². The molecule has 2 aromatic rings. The molecule has 12 heteroatoms. The third-order valence-corrected chi connectivity index (χ3v) is 6.35. The molecule has 2 fully saturated rings. The molecule has 6 nitrogen and oxygen atoms in total. The van der Waals surface area contributed by atoms with Crippen LogP contribution in [0, 0.1) is 0 Å². The molecule has 0 aliphatic carbocycles. The number of hydrogen-bond donors (Lipinski definition) is 1. The summed E-state index contributed by atoms with van der Waals surface area (Å²) in [4.78, 5) is 14.9. The van der Waals surface area contributed by atoms with Crippen molar-refractivity contribution < 1.29 is 40.6 Å². The summed E-state index contributed by atoms with van der Waals surface area (Å²) in [5.41, 5.74) is 4.21. The Morgan fingerprint density at radius 1 is 1.00 bits per heavy atom. The Morgan fingerprint density at radius 2 is 1.68 bits per heavy atom. The minimum atomic E-state index is -5.74. The fourth-order valence-corrected chi connectivity index (χ4v) is 4.49. The van der Waals surface area contributed by atoms with Crippen LogP contribution in [0.4, 0.5) is 31.1 Å². The molecule has 2 aromatic carbocycles. The molecular formula is C25H27F6N3O3. The molecule has 0 aromatic heterocycles. The number of nitrogens with zero attached hydrogens (tertiary/aromatic N) is 2. The van der Waals surface area contributed by atoms with E-state index in [1.165, 1.54) is 0 Å². The summed E-state index contributed by atoms with van der Waals surface area (Å²) in [5.74, 6) is 0. The van der Waals surface area contributed by atoms with Crippen molar-refractivity contribution in [1.82, 2.24) is 15.1 Å². The van der Waals surface area contributed by atoms with Gasteiger partial charge in [-0.15, -0.1) is 0 Å². The summed E-state index contributed by atoms with van der Waals surface area (Å²) in [6.07, 6.45) is -17.3. The van der Waals surface area contributed by atoms with Crippen LogP contribution in [-0.2, 0) is 16.0 Å². The van der Waals surface area contributed by atoms with Gasteiger partial charge in [-0.25, -0.2) is 4.79 Å². The van der Waals surface area contributed by atoms with E-state index >= 15 is 0 Å². The highest BCUT2D eigenvalue weighted by molar-refractivity contribution is 5.69. The zero-order valence-corrected chi connectivity index (χ0v) is 19.8. The van der Waals surface area contributed by atoms with Gasteiger partial charge >= 0.3 is 18.4 Å². The van der Waals surface area contributed by atoms with Crippen molar-refractivity contribution in [3.63, 3.8) is 0 Å². The molecule has 2 heterocycles. The summed E-state index contributed by atoms with van der Waals surface area (Å²) in [7, 11) is 0. The Kier molecular flexibility index (Phi) is 8.29. The summed E-state index contributed by atoms with van der Waals surface area (Å²) < 4.78 is 85.8. The van der Waals surface area contributed by atoms with Crippen LogP contribution >= 0.6 is 0 Å². The van der Waals surface area contributed by atoms with E-state index < -0.39 is 24.5 Å². The number of ether oxygens (including phenoxy) is 2. The largest absolute Gasteiger partial charge is 0.434 e. The smallest absolute Gasteiger partial charge is 0.426 e. The average molecular weight is 531 g/mol. The van der Waals surface area contributed by atoms with E-state index in [-0.39, 0.29) is 32.2 Å². The van der Waals surface area contributed by atoms with Crippen LogP contribution in [0.1, 0.15) is 17.2 Å². The quantitative estimate of drug-likeness (QED) is 0.564. The van der Waals surface area contributed by atoms with Crippen LogP contribution in [0.2, 0.25) is 0 Å². The molecule has 0 saturated carbocycles. The molecule has 0 bridgehead atoms. The molecular weight excluding hydrogens is 504 g/mol. The lowest BCUT2D eigenvalue weighted by Crippen LogP contribution is -2.52. The first-order valence-corrected chi connectivity index (χ1v) is 11.8. The number of rotatable bonds is 5. The van der Waals surface area contributed by atoms with E-state index in [9.17, 15) is 31.1 Å². The highest BCUT2D eigenvalue weighted by Gasteiger charge is 2.60. The molecule has 1 amide bonds. The third-order valence-electron chi connectivity index (χ3n) is 6.35. The van der Waals surface area contributed by atoms with Gasteiger partial charge in [0.15, 0.2) is 0 Å². The standard InChI is InChI=1S/C25H27F6N3O3/c26-24(27,28)22(25(29,30)31)37-23(35)34-11-9-33(10-12-34)15-17-6-7-19(18-4-2-1-3-5-18)20(14-17)21-16-36-13-8-32-21/h1-7,14,21-22,32H,8-13,15-16H2. The first kappa shape index (κ1) is 27.2. The van der Waals surface area contributed by atoms with Crippen molar-refractivity contribution in [3.8, 4) is 11.1 Å². The van der Waals surface area contributed by atoms with E-state index in [1.807, 2.05) is 47.4 Å². The van der Waals surface area contributed by atoms with E-state index in [0.717, 1.165) is 33.7 Å². The number of nitrogens with one attached hydrogen (secondary N) is 1. The van der Waals surface area contributed by atoms with Gasteiger partial charge in [-0.3, -0.25) is 4.90 Å². The molecule has 1 atom stereocenters. The second-order valence-electron chi connectivity index (χ2n) is 8.98. The van der Waals surface area contributed by atoms with Crippen LogP contribution in [0.3, 0.4) is 0 Å². The molecule has 4 rings (SSSR count). The summed E-state index contributed by atoms with van der Waals surface area (Å²) in [6.45, 7) is 2.85. The zero-order valence-electron chi connectivity index (χ0n) is 19.8. The monoisotopic (exact) mass is 531 g/mol. The SMILES string of the molecule is O=C(OC(C(F)(F)F)C(F)(F)F)N1CCN(Cc2ccc(-c3ccccc3)c(C3COCCN3)c2)CC1. The number of halogens is 6. The number of piperazine rings is 1. The molecule has 0 spiro atoms. The van der Waals surface area contributed by atoms with Crippen molar-refractivity contribution in [2.45, 2.75) is 31.0 Å². The molecule has 1 unspecified atom stereocenters. The number of carbonyl (C=O) groups is 1. The fourth-order valence-electron chi connectivity index (χ4n) is 4.49. The lowest BCUT2D eigenvalue weighted by Gasteiger charge is -2.35. The van der Waals surface area contributed by atoms with Crippen molar-refractivity contribution >= 4 is 6.09 Å². The van der Waals surface area contributed by atoms with Gasteiger partial charge < -0.3 is 19.7 Å². The van der Waals surface area contributed by atoms with Crippen molar-refractivity contribution in [3.05, 3.63) is 59.7 Å². The molecule has 1 N–H and O–H groups in total. The normalized spacial score (nSPS) is 19.8. The highest BCUT2D eigenvalue weighted by Crippen LogP contribution is 2.36. The average Bonchev–Trinajstić information content (AvgIpc) is 2.87. The Morgan fingerprint density at radius 3 is 2.27 bits per heavy atom. The van der Waals surface area contributed by atoms with Gasteiger partial charge in [0.25, 0.3) is 6.10 Å². The van der Waals surface area contributed by atoms with Gasteiger partial charge in [0.05, 0.1) is 19.3 Å². The first-order chi connectivity index (χ1) is 17.5. The molecule has 202 valence electrons. The van der Waals surface area contributed by atoms with Gasteiger partial charge in [0, 0.05) is 39.3 Å². The number of carbonyl (C=O) groups excluding carboxylic acids is 1. The van der Waals surface area contributed by atoms with Crippen LogP contribution in [0.15, 0.2) is 48.5 Å². The Hall–Kier alpha value is -2.83. The number of morpholine rings is 1. The molecule has 0 radical (unpaired) electrons. The van der Waals surface area contributed by atoms with Gasteiger partial charge in [0.1, 0.15) is 0 Å². The predicted octanol–water partition coefficient (Wildman–Crippen LogP) is 4.76. The molecule has 2 aliphatic rings. The van der Waals surface area contributed by atoms with E-state index in [0.29, 0.717) is 19.8 Å². The second kappa shape index (κ2) is 11.3. The second-order valence-corrected chi connectivity index (χ2v) is 8.98. The van der Waals surface area contributed by atoms with Gasteiger partial charge in [-0.1, -0.05) is 48.5 Å². The maximum absolute atomic E-state index is 12.7. The lowest BCUT2D eigenvalue weighted by atomic mass is 9.92. The lowest BCUT2D eigenvalue weighted by molar-refractivity contribution is -0.308. The minimum absolute atomic E-state index is 0.00531. The van der Waals surface area contributed by atoms with E-state index in [4.69, 9.17) is 4.74 Å². The fraction of sp³-hybridized carbons (Fsp3) is 0.480. The first-order valence-electron chi connectivity index (χ1n) is 11.8. The minimum Gasteiger partial charge on any atom is -0.426 e. The highest BCUT2D eigenvalue weighted by atomic mass is 19.4. The predicted molar refractivity (Wildman–Crippen MR) is 123 cm³/mol. The number of amides is 1. The number of benzene rings is 2. The summed E-state index contributed by atoms with van der Waals surface area (Å²) >= 11 is 0. The van der Waals surface area contributed by atoms with Crippen LogP contribution in [0.5, 0.6) is 0 Å². The van der Waals surface area contributed by atoms with Crippen LogP contribution in [0.25, 0.3) is 11.1 Å². The van der Waals surface area contributed by atoms with Crippen molar-refractivity contribution in [2.24, 2.45) is 0 Å². The maximum atomic E-state index is 12.7.